The molecule has 0 fully saturated rings. The molecule has 2 heteroatoms. The maximum atomic E-state index is 5.08. The Morgan fingerprint density at radius 3 is 2.93 bits per heavy atom. The Balaban J connectivity index is 2.48. The molecule has 0 aliphatic carbocycles. The van der Waals surface area contributed by atoms with Crippen LogP contribution in [0.2, 0.25) is 0 Å². The van der Waals surface area contributed by atoms with Crippen molar-refractivity contribution in [1.29, 1.82) is 0 Å². The molecular formula is C13H21NO. The van der Waals surface area contributed by atoms with Gasteiger partial charge in [0.05, 0.1) is 12.5 Å². The highest BCUT2D eigenvalue weighted by molar-refractivity contribution is 5.11. The van der Waals surface area contributed by atoms with E-state index in [-0.39, 0.29) is 5.41 Å². The first-order chi connectivity index (χ1) is 7.20. The van der Waals surface area contributed by atoms with E-state index < -0.39 is 0 Å². The fraction of sp³-hybridized carbons (Fsp3) is 0.538. The van der Waals surface area contributed by atoms with Crippen LogP contribution in [0.3, 0.4) is 0 Å². The van der Waals surface area contributed by atoms with E-state index in [1.54, 1.807) is 6.26 Å². The van der Waals surface area contributed by atoms with Gasteiger partial charge in [-0.2, -0.15) is 0 Å². The SMILES string of the molecule is C=CC(C)(CNCCC)Cc1ccoc1. The largest absolute Gasteiger partial charge is 0.472 e. The molecule has 1 unspecified atom stereocenters. The quantitative estimate of drug-likeness (QED) is 0.549. The van der Waals surface area contributed by atoms with Crippen molar-refractivity contribution in [3.8, 4) is 0 Å². The van der Waals surface area contributed by atoms with E-state index in [2.05, 4.69) is 25.7 Å². The topological polar surface area (TPSA) is 25.2 Å². The highest BCUT2D eigenvalue weighted by Gasteiger charge is 2.20. The molecule has 1 N–H and O–H groups in total. The number of rotatable bonds is 7. The summed E-state index contributed by atoms with van der Waals surface area (Å²) in [6.07, 6.45) is 7.70. The average molecular weight is 207 g/mol. The van der Waals surface area contributed by atoms with Crippen LogP contribution in [0.25, 0.3) is 0 Å². The van der Waals surface area contributed by atoms with Gasteiger partial charge in [0.25, 0.3) is 0 Å². The lowest BCUT2D eigenvalue weighted by molar-refractivity contribution is 0.389. The van der Waals surface area contributed by atoms with Crippen molar-refractivity contribution in [2.75, 3.05) is 13.1 Å². The zero-order chi connectivity index (χ0) is 11.1. The molecule has 0 radical (unpaired) electrons. The standard InChI is InChI=1S/C13H21NO/c1-4-7-14-11-13(3,5-2)9-12-6-8-15-10-12/h5-6,8,10,14H,2,4,7,9,11H2,1,3H3. The van der Waals surface area contributed by atoms with Crippen LogP contribution >= 0.6 is 0 Å². The fourth-order valence-corrected chi connectivity index (χ4v) is 1.62. The summed E-state index contributed by atoms with van der Waals surface area (Å²) in [5.41, 5.74) is 1.34. The summed E-state index contributed by atoms with van der Waals surface area (Å²) in [7, 11) is 0. The number of hydrogen-bond donors (Lipinski definition) is 1. The van der Waals surface area contributed by atoms with E-state index in [1.807, 2.05) is 18.4 Å². The second-order valence-corrected chi connectivity index (χ2v) is 4.34. The first-order valence-electron chi connectivity index (χ1n) is 5.55. The molecule has 1 heterocycles. The molecule has 0 saturated heterocycles. The van der Waals surface area contributed by atoms with E-state index in [4.69, 9.17) is 4.42 Å². The summed E-state index contributed by atoms with van der Waals surface area (Å²) in [5, 5.41) is 3.44. The van der Waals surface area contributed by atoms with Crippen LogP contribution in [-0.2, 0) is 6.42 Å². The van der Waals surface area contributed by atoms with E-state index >= 15 is 0 Å². The maximum absolute atomic E-state index is 5.08. The highest BCUT2D eigenvalue weighted by Crippen LogP contribution is 2.23. The third-order valence-electron chi connectivity index (χ3n) is 2.64. The van der Waals surface area contributed by atoms with Crippen molar-refractivity contribution in [3.05, 3.63) is 36.8 Å². The summed E-state index contributed by atoms with van der Waals surface area (Å²) in [6, 6.07) is 2.02. The number of furan rings is 1. The normalized spacial score (nSPS) is 14.8. The monoisotopic (exact) mass is 207 g/mol. The van der Waals surface area contributed by atoms with Crippen molar-refractivity contribution in [3.63, 3.8) is 0 Å². The zero-order valence-electron chi connectivity index (χ0n) is 9.75. The lowest BCUT2D eigenvalue weighted by Crippen LogP contribution is -2.32. The Bertz CT molecular complexity index is 279. The van der Waals surface area contributed by atoms with Gasteiger partial charge in [0.15, 0.2) is 0 Å². The Kier molecular flexibility index (Phi) is 4.63. The summed E-state index contributed by atoms with van der Waals surface area (Å²) < 4.78 is 5.08. The average Bonchev–Trinajstić information content (AvgIpc) is 2.71. The van der Waals surface area contributed by atoms with Gasteiger partial charge in [0.1, 0.15) is 0 Å². The molecule has 0 aromatic carbocycles. The molecule has 0 spiro atoms. The van der Waals surface area contributed by atoms with E-state index in [0.29, 0.717) is 0 Å². The van der Waals surface area contributed by atoms with Gasteiger partial charge >= 0.3 is 0 Å². The van der Waals surface area contributed by atoms with Crippen LogP contribution in [0.15, 0.2) is 35.7 Å². The summed E-state index contributed by atoms with van der Waals surface area (Å²) in [5.74, 6) is 0. The van der Waals surface area contributed by atoms with Gasteiger partial charge in [-0.05, 0) is 31.0 Å². The van der Waals surface area contributed by atoms with Gasteiger partial charge in [-0.3, -0.25) is 0 Å². The van der Waals surface area contributed by atoms with Crippen molar-refractivity contribution in [2.24, 2.45) is 5.41 Å². The fourth-order valence-electron chi connectivity index (χ4n) is 1.62. The predicted octanol–water partition coefficient (Wildman–Crippen LogP) is 3.01. The van der Waals surface area contributed by atoms with Crippen molar-refractivity contribution >= 4 is 0 Å². The van der Waals surface area contributed by atoms with Crippen molar-refractivity contribution in [2.45, 2.75) is 26.7 Å². The van der Waals surface area contributed by atoms with Crippen LogP contribution in [0.4, 0.5) is 0 Å². The second kappa shape index (κ2) is 5.76. The van der Waals surface area contributed by atoms with Crippen LogP contribution in [-0.4, -0.2) is 13.1 Å². The Hall–Kier alpha value is -1.02. The van der Waals surface area contributed by atoms with Gasteiger partial charge < -0.3 is 9.73 Å². The third-order valence-corrected chi connectivity index (χ3v) is 2.64. The molecule has 1 rings (SSSR count). The lowest BCUT2D eigenvalue weighted by atomic mass is 9.84. The third kappa shape index (κ3) is 3.92. The first-order valence-corrected chi connectivity index (χ1v) is 5.55. The minimum absolute atomic E-state index is 0.110. The summed E-state index contributed by atoms with van der Waals surface area (Å²) in [6.45, 7) is 10.3. The molecule has 0 aliphatic rings. The van der Waals surface area contributed by atoms with Crippen molar-refractivity contribution in [1.82, 2.24) is 5.32 Å². The highest BCUT2D eigenvalue weighted by atomic mass is 16.3. The van der Waals surface area contributed by atoms with Gasteiger partial charge in [-0.1, -0.05) is 19.9 Å². The maximum Gasteiger partial charge on any atom is 0.0934 e. The van der Waals surface area contributed by atoms with Crippen LogP contribution in [0, 0.1) is 5.41 Å². The van der Waals surface area contributed by atoms with Crippen LogP contribution in [0.5, 0.6) is 0 Å². The van der Waals surface area contributed by atoms with Gasteiger partial charge in [0.2, 0.25) is 0 Å². The molecule has 0 aliphatic heterocycles. The molecule has 1 atom stereocenters. The van der Waals surface area contributed by atoms with E-state index in [0.717, 1.165) is 19.5 Å². The Morgan fingerprint density at radius 1 is 1.60 bits per heavy atom. The van der Waals surface area contributed by atoms with Crippen molar-refractivity contribution < 1.29 is 4.42 Å². The molecule has 2 nitrogen and oxygen atoms in total. The molecule has 0 amide bonds. The van der Waals surface area contributed by atoms with Crippen LogP contribution < -0.4 is 5.32 Å². The van der Waals surface area contributed by atoms with Gasteiger partial charge in [-0.25, -0.2) is 0 Å². The smallest absolute Gasteiger partial charge is 0.0934 e. The molecule has 0 saturated carbocycles. The lowest BCUT2D eigenvalue weighted by Gasteiger charge is -2.25. The first kappa shape index (κ1) is 12.1. The van der Waals surface area contributed by atoms with Gasteiger partial charge in [0, 0.05) is 12.0 Å². The predicted molar refractivity (Wildman–Crippen MR) is 63.9 cm³/mol. The van der Waals surface area contributed by atoms with Gasteiger partial charge in [-0.15, -0.1) is 6.58 Å². The molecule has 1 aromatic rings. The minimum Gasteiger partial charge on any atom is -0.472 e. The molecule has 0 bridgehead atoms. The Morgan fingerprint density at radius 2 is 2.40 bits per heavy atom. The van der Waals surface area contributed by atoms with Crippen LogP contribution in [0.1, 0.15) is 25.8 Å². The Labute approximate surface area is 92.4 Å². The molecule has 15 heavy (non-hydrogen) atoms. The van der Waals surface area contributed by atoms with E-state index in [9.17, 15) is 0 Å². The minimum atomic E-state index is 0.110. The summed E-state index contributed by atoms with van der Waals surface area (Å²) >= 11 is 0. The number of hydrogen-bond acceptors (Lipinski definition) is 2. The summed E-state index contributed by atoms with van der Waals surface area (Å²) in [4.78, 5) is 0. The number of nitrogens with one attached hydrogen (secondary N) is 1. The molecular weight excluding hydrogens is 186 g/mol. The zero-order valence-corrected chi connectivity index (χ0v) is 9.75. The second-order valence-electron chi connectivity index (χ2n) is 4.34. The molecule has 1 aromatic heterocycles. The van der Waals surface area contributed by atoms with E-state index in [1.165, 1.54) is 12.0 Å². The molecule has 84 valence electrons.